The minimum absolute atomic E-state index is 0.568. The van der Waals surface area contributed by atoms with E-state index in [2.05, 4.69) is 44.1 Å². The molecule has 1 aliphatic carbocycles. The molecule has 1 saturated carbocycles. The van der Waals surface area contributed by atoms with Crippen LogP contribution in [0.15, 0.2) is 29.8 Å². The second-order valence-electron chi connectivity index (χ2n) is 9.00. The molecule has 3 heterocycles. The number of fused-ring (bicyclic) bond motifs is 1. The summed E-state index contributed by atoms with van der Waals surface area (Å²) < 4.78 is 31.7. The SMILES string of the molecule is O=C(O)C(F)(F)F.c1csc(CN(Cc2ccc3c(c2)CNCC3)C2CC23CCNCC3)n1. The van der Waals surface area contributed by atoms with E-state index in [1.165, 1.54) is 54.0 Å². The van der Waals surface area contributed by atoms with Gasteiger partial charge in [-0.2, -0.15) is 13.2 Å². The van der Waals surface area contributed by atoms with Crippen LogP contribution in [0.3, 0.4) is 0 Å². The Hall–Kier alpha value is -2.01. The summed E-state index contributed by atoms with van der Waals surface area (Å²) >= 11 is 1.79. The van der Waals surface area contributed by atoms with E-state index in [9.17, 15) is 13.2 Å². The third-order valence-electron chi connectivity index (χ3n) is 6.79. The number of aromatic nitrogens is 1. The van der Waals surface area contributed by atoms with Gasteiger partial charge in [0.15, 0.2) is 0 Å². The summed E-state index contributed by atoms with van der Waals surface area (Å²) in [5.74, 6) is -2.76. The van der Waals surface area contributed by atoms with E-state index < -0.39 is 12.1 Å². The third kappa shape index (κ3) is 6.11. The quantitative estimate of drug-likeness (QED) is 0.605. The average molecular weight is 483 g/mol. The Labute approximate surface area is 195 Å². The standard InChI is InChI=1S/C21H28N4S.C2HF3O2/c1-2-17-3-6-23-13-18(17)11-16(1)14-25(15-20-24-9-10-26-20)19-12-21(19)4-7-22-8-5-21;3-2(4,5)1(6)7/h1-2,9-11,19,22-23H,3-8,12-15H2;(H,6,7). The van der Waals surface area contributed by atoms with Gasteiger partial charge in [0, 0.05) is 30.7 Å². The zero-order valence-corrected chi connectivity index (χ0v) is 19.1. The van der Waals surface area contributed by atoms with Crippen molar-refractivity contribution in [2.24, 2.45) is 5.41 Å². The van der Waals surface area contributed by atoms with Crippen LogP contribution >= 0.6 is 11.3 Å². The van der Waals surface area contributed by atoms with Crippen LogP contribution in [0, 0.1) is 5.41 Å². The van der Waals surface area contributed by atoms with Crippen LogP contribution in [-0.2, 0) is 30.8 Å². The van der Waals surface area contributed by atoms with Gasteiger partial charge in [-0.3, -0.25) is 4.90 Å². The number of nitrogens with one attached hydrogen (secondary N) is 2. The van der Waals surface area contributed by atoms with Gasteiger partial charge in [-0.15, -0.1) is 11.3 Å². The summed E-state index contributed by atoms with van der Waals surface area (Å²) in [7, 11) is 0. The molecule has 1 saturated heterocycles. The first-order chi connectivity index (χ1) is 15.8. The molecule has 3 N–H and O–H groups in total. The van der Waals surface area contributed by atoms with Crippen molar-refractivity contribution in [3.8, 4) is 0 Å². The van der Waals surface area contributed by atoms with Crippen LogP contribution in [0.5, 0.6) is 0 Å². The molecule has 5 rings (SSSR count). The molecule has 2 aromatic rings. The maximum absolute atomic E-state index is 10.6. The van der Waals surface area contributed by atoms with Gasteiger partial charge in [0.25, 0.3) is 0 Å². The fraction of sp³-hybridized carbons (Fsp3) is 0.565. The highest BCUT2D eigenvalue weighted by molar-refractivity contribution is 7.09. The van der Waals surface area contributed by atoms with Crippen LogP contribution in [-0.4, -0.2) is 52.8 Å². The second-order valence-corrected chi connectivity index (χ2v) is 9.97. The highest BCUT2D eigenvalue weighted by Gasteiger charge is 2.56. The van der Waals surface area contributed by atoms with E-state index in [0.29, 0.717) is 5.41 Å². The van der Waals surface area contributed by atoms with Gasteiger partial charge in [-0.25, -0.2) is 9.78 Å². The molecule has 3 aliphatic rings. The van der Waals surface area contributed by atoms with Crippen LogP contribution in [0.4, 0.5) is 13.2 Å². The number of piperidine rings is 1. The molecular weight excluding hydrogens is 453 g/mol. The monoisotopic (exact) mass is 482 g/mol. The van der Waals surface area contributed by atoms with Crippen LogP contribution < -0.4 is 10.6 Å². The van der Waals surface area contributed by atoms with Crippen molar-refractivity contribution < 1.29 is 23.1 Å². The first kappa shape index (κ1) is 24.1. The zero-order valence-electron chi connectivity index (χ0n) is 18.3. The average Bonchev–Trinajstić information content (AvgIpc) is 3.21. The molecule has 2 aliphatic heterocycles. The molecule has 1 atom stereocenters. The number of rotatable bonds is 5. The molecule has 1 aromatic heterocycles. The summed E-state index contributed by atoms with van der Waals surface area (Å²) in [5.41, 5.74) is 5.05. The molecule has 33 heavy (non-hydrogen) atoms. The van der Waals surface area contributed by atoms with E-state index in [1.54, 1.807) is 11.3 Å². The zero-order chi connectivity index (χ0) is 23.5. The Morgan fingerprint density at radius 3 is 2.61 bits per heavy atom. The number of carbonyl (C=O) groups is 1. The van der Waals surface area contributed by atoms with E-state index >= 15 is 0 Å². The minimum atomic E-state index is -5.08. The second kappa shape index (κ2) is 10.1. The maximum atomic E-state index is 10.6. The number of carboxylic acids is 1. The molecule has 180 valence electrons. The van der Waals surface area contributed by atoms with Crippen LogP contribution in [0.2, 0.25) is 0 Å². The molecule has 0 amide bonds. The van der Waals surface area contributed by atoms with Gasteiger partial charge >= 0.3 is 12.1 Å². The summed E-state index contributed by atoms with van der Waals surface area (Å²) in [6.07, 6.45) is 2.06. The number of carboxylic acid groups (broad SMARTS) is 1. The van der Waals surface area contributed by atoms with Crippen molar-refractivity contribution in [2.45, 2.75) is 57.5 Å². The third-order valence-corrected chi connectivity index (χ3v) is 7.56. The fourth-order valence-electron chi connectivity index (χ4n) is 4.95. The van der Waals surface area contributed by atoms with Crippen LogP contribution in [0.25, 0.3) is 0 Å². The summed E-state index contributed by atoms with van der Waals surface area (Å²) in [4.78, 5) is 16.2. The Kier molecular flexibility index (Phi) is 7.37. The Bertz CT molecular complexity index is 946. The molecule has 10 heteroatoms. The molecule has 2 fully saturated rings. The van der Waals surface area contributed by atoms with Crippen LogP contribution in [0.1, 0.15) is 41.0 Å². The van der Waals surface area contributed by atoms with Crippen molar-refractivity contribution in [1.82, 2.24) is 20.5 Å². The predicted octanol–water partition coefficient (Wildman–Crippen LogP) is 3.57. The van der Waals surface area contributed by atoms with Crippen molar-refractivity contribution >= 4 is 17.3 Å². The molecular formula is C23H29F3N4O2S. The molecule has 0 bridgehead atoms. The molecule has 1 spiro atoms. The minimum Gasteiger partial charge on any atom is -0.475 e. The van der Waals surface area contributed by atoms with Crippen molar-refractivity contribution in [2.75, 3.05) is 19.6 Å². The number of thiazole rings is 1. The molecule has 1 unspecified atom stereocenters. The fourth-order valence-corrected chi connectivity index (χ4v) is 5.59. The lowest BCUT2D eigenvalue weighted by Gasteiger charge is -2.29. The van der Waals surface area contributed by atoms with Gasteiger partial charge in [0.2, 0.25) is 0 Å². The largest absolute Gasteiger partial charge is 0.490 e. The first-order valence-corrected chi connectivity index (χ1v) is 12.1. The van der Waals surface area contributed by atoms with Gasteiger partial charge in [0.05, 0.1) is 6.54 Å². The molecule has 1 aromatic carbocycles. The number of hydrogen-bond acceptors (Lipinski definition) is 6. The first-order valence-electron chi connectivity index (χ1n) is 11.2. The number of alkyl halides is 3. The molecule has 0 radical (unpaired) electrons. The van der Waals surface area contributed by atoms with E-state index in [0.717, 1.165) is 38.6 Å². The number of benzene rings is 1. The number of nitrogens with zero attached hydrogens (tertiary/aromatic N) is 2. The normalized spacial score (nSPS) is 21.3. The number of aliphatic carboxylic acids is 1. The lowest BCUT2D eigenvalue weighted by molar-refractivity contribution is -0.192. The maximum Gasteiger partial charge on any atom is 0.490 e. The highest BCUT2D eigenvalue weighted by Crippen LogP contribution is 2.56. The number of hydrogen-bond donors (Lipinski definition) is 3. The Morgan fingerprint density at radius 2 is 1.94 bits per heavy atom. The lowest BCUT2D eigenvalue weighted by atomic mass is 9.93. The topological polar surface area (TPSA) is 77.5 Å². The Balaban J connectivity index is 0.000000325. The van der Waals surface area contributed by atoms with Gasteiger partial charge in [-0.1, -0.05) is 18.2 Å². The van der Waals surface area contributed by atoms with Gasteiger partial charge in [0.1, 0.15) is 5.01 Å². The van der Waals surface area contributed by atoms with Crippen molar-refractivity contribution in [1.29, 1.82) is 0 Å². The summed E-state index contributed by atoms with van der Waals surface area (Å²) in [6, 6.07) is 7.88. The Morgan fingerprint density at radius 1 is 1.18 bits per heavy atom. The van der Waals surface area contributed by atoms with Crippen molar-refractivity contribution in [3.05, 3.63) is 51.5 Å². The molecule has 6 nitrogen and oxygen atoms in total. The summed E-state index contributed by atoms with van der Waals surface area (Å²) in [6.45, 7) is 6.55. The lowest BCUT2D eigenvalue weighted by Crippen LogP contribution is -2.35. The number of halogens is 3. The predicted molar refractivity (Wildman–Crippen MR) is 120 cm³/mol. The smallest absolute Gasteiger partial charge is 0.475 e. The van der Waals surface area contributed by atoms with Gasteiger partial charge < -0.3 is 15.7 Å². The van der Waals surface area contributed by atoms with E-state index in [-0.39, 0.29) is 0 Å². The van der Waals surface area contributed by atoms with E-state index in [4.69, 9.17) is 9.90 Å². The van der Waals surface area contributed by atoms with Gasteiger partial charge in [-0.05, 0) is 67.4 Å². The summed E-state index contributed by atoms with van der Waals surface area (Å²) in [5, 5.41) is 17.5. The van der Waals surface area contributed by atoms with E-state index in [1.807, 2.05) is 6.20 Å². The highest BCUT2D eigenvalue weighted by atomic mass is 32.1. The van der Waals surface area contributed by atoms with Crippen molar-refractivity contribution in [3.63, 3.8) is 0 Å².